The smallest absolute Gasteiger partial charge is 0.123 e. The van der Waals surface area contributed by atoms with Crippen LogP contribution in [0, 0.1) is 12.7 Å². The normalized spacial score (nSPS) is 12.4. The Morgan fingerprint density at radius 3 is 2.31 bits per heavy atom. The Hall–Kier alpha value is -1.67. The monoisotopic (exact) mass is 216 g/mol. The van der Waals surface area contributed by atoms with E-state index in [4.69, 9.17) is 0 Å². The highest BCUT2D eigenvalue weighted by molar-refractivity contribution is 5.32. The van der Waals surface area contributed by atoms with Crippen molar-refractivity contribution in [3.05, 3.63) is 71.0 Å². The lowest BCUT2D eigenvalue weighted by Crippen LogP contribution is -2.00. The van der Waals surface area contributed by atoms with E-state index in [0.29, 0.717) is 5.56 Å². The van der Waals surface area contributed by atoms with Crippen molar-refractivity contribution in [2.45, 2.75) is 13.0 Å². The molecule has 1 nitrogen and oxygen atoms in total. The van der Waals surface area contributed by atoms with Crippen molar-refractivity contribution in [3.8, 4) is 0 Å². The minimum atomic E-state index is -0.768. The van der Waals surface area contributed by atoms with Crippen molar-refractivity contribution < 1.29 is 9.50 Å². The number of aryl methyl sites for hydroxylation is 1. The lowest BCUT2D eigenvalue weighted by atomic mass is 10.00. The first kappa shape index (κ1) is 10.8. The van der Waals surface area contributed by atoms with Crippen molar-refractivity contribution in [2.75, 3.05) is 0 Å². The van der Waals surface area contributed by atoms with Crippen LogP contribution in [0.5, 0.6) is 0 Å². The van der Waals surface area contributed by atoms with E-state index < -0.39 is 6.10 Å². The molecule has 0 saturated carbocycles. The second-order valence-electron chi connectivity index (χ2n) is 3.88. The molecular weight excluding hydrogens is 203 g/mol. The molecule has 0 fully saturated rings. The molecule has 2 rings (SSSR count). The Morgan fingerprint density at radius 1 is 1.00 bits per heavy atom. The van der Waals surface area contributed by atoms with Crippen LogP contribution in [-0.4, -0.2) is 5.11 Å². The van der Waals surface area contributed by atoms with Gasteiger partial charge in [-0.2, -0.15) is 0 Å². The van der Waals surface area contributed by atoms with E-state index in [2.05, 4.69) is 0 Å². The molecular formula is C14H13FO. The highest BCUT2D eigenvalue weighted by atomic mass is 19.1. The summed E-state index contributed by atoms with van der Waals surface area (Å²) in [5.74, 6) is -0.315. The van der Waals surface area contributed by atoms with E-state index in [1.165, 1.54) is 12.1 Å². The maximum absolute atomic E-state index is 13.2. The summed E-state index contributed by atoms with van der Waals surface area (Å²) in [5, 5.41) is 10.1. The Kier molecular flexibility index (Phi) is 3.02. The molecule has 0 bridgehead atoms. The first-order valence-electron chi connectivity index (χ1n) is 5.17. The fourth-order valence-electron chi connectivity index (χ4n) is 1.75. The third-order valence-electron chi connectivity index (χ3n) is 2.50. The topological polar surface area (TPSA) is 20.2 Å². The van der Waals surface area contributed by atoms with Crippen molar-refractivity contribution in [2.24, 2.45) is 0 Å². The molecule has 0 aliphatic carbocycles. The fraction of sp³-hybridized carbons (Fsp3) is 0.143. The SMILES string of the molecule is Cc1cc(F)cc(C(O)c2ccccc2)c1. The molecule has 1 N–H and O–H groups in total. The molecule has 2 heteroatoms. The molecule has 1 atom stereocenters. The summed E-state index contributed by atoms with van der Waals surface area (Å²) >= 11 is 0. The first-order valence-corrected chi connectivity index (χ1v) is 5.17. The number of halogens is 1. The molecule has 0 aliphatic heterocycles. The van der Waals surface area contributed by atoms with Gasteiger partial charge in [-0.3, -0.25) is 0 Å². The highest BCUT2D eigenvalue weighted by Crippen LogP contribution is 2.23. The van der Waals surface area contributed by atoms with E-state index >= 15 is 0 Å². The van der Waals surface area contributed by atoms with Crippen molar-refractivity contribution in [1.29, 1.82) is 0 Å². The van der Waals surface area contributed by atoms with Gasteiger partial charge in [0.2, 0.25) is 0 Å². The number of rotatable bonds is 2. The molecule has 2 aromatic carbocycles. The first-order chi connectivity index (χ1) is 7.66. The molecule has 2 aromatic rings. The lowest BCUT2D eigenvalue weighted by molar-refractivity contribution is 0.219. The van der Waals surface area contributed by atoms with Gasteiger partial charge in [-0.25, -0.2) is 4.39 Å². The summed E-state index contributed by atoms with van der Waals surface area (Å²) < 4.78 is 13.2. The molecule has 0 aliphatic rings. The van der Waals surface area contributed by atoms with Crippen molar-refractivity contribution in [3.63, 3.8) is 0 Å². The van der Waals surface area contributed by atoms with E-state index in [0.717, 1.165) is 11.1 Å². The second kappa shape index (κ2) is 4.45. The summed E-state index contributed by atoms with van der Waals surface area (Å²) in [4.78, 5) is 0. The van der Waals surface area contributed by atoms with Gasteiger partial charge in [0.1, 0.15) is 11.9 Å². The van der Waals surface area contributed by atoms with Gasteiger partial charge in [-0.05, 0) is 35.7 Å². The predicted molar refractivity (Wildman–Crippen MR) is 61.6 cm³/mol. The molecule has 0 aromatic heterocycles. The molecule has 0 amide bonds. The van der Waals surface area contributed by atoms with Gasteiger partial charge in [-0.1, -0.05) is 36.4 Å². The Labute approximate surface area is 94.2 Å². The van der Waals surface area contributed by atoms with E-state index in [1.807, 2.05) is 37.3 Å². The van der Waals surface area contributed by atoms with Crippen LogP contribution >= 0.6 is 0 Å². The third kappa shape index (κ3) is 2.28. The Morgan fingerprint density at radius 2 is 1.69 bits per heavy atom. The van der Waals surface area contributed by atoms with Crippen molar-refractivity contribution >= 4 is 0 Å². The zero-order valence-electron chi connectivity index (χ0n) is 9.02. The summed E-state index contributed by atoms with van der Waals surface area (Å²) in [6.07, 6.45) is -0.768. The molecule has 0 radical (unpaired) electrons. The van der Waals surface area contributed by atoms with Crippen LogP contribution in [0.3, 0.4) is 0 Å². The molecule has 1 unspecified atom stereocenters. The molecule has 0 heterocycles. The van der Waals surface area contributed by atoms with Crippen LogP contribution in [-0.2, 0) is 0 Å². The van der Waals surface area contributed by atoms with Crippen LogP contribution in [0.15, 0.2) is 48.5 Å². The van der Waals surface area contributed by atoms with Gasteiger partial charge >= 0.3 is 0 Å². The average Bonchev–Trinajstić information content (AvgIpc) is 2.28. The largest absolute Gasteiger partial charge is 0.384 e. The van der Waals surface area contributed by atoms with Crippen molar-refractivity contribution in [1.82, 2.24) is 0 Å². The third-order valence-corrected chi connectivity index (χ3v) is 2.50. The lowest BCUT2D eigenvalue weighted by Gasteiger charge is -2.12. The van der Waals surface area contributed by atoms with Crippen LogP contribution in [0.1, 0.15) is 22.8 Å². The maximum atomic E-state index is 13.2. The zero-order chi connectivity index (χ0) is 11.5. The zero-order valence-corrected chi connectivity index (χ0v) is 9.02. The standard InChI is InChI=1S/C14H13FO/c1-10-7-12(9-13(15)8-10)14(16)11-5-3-2-4-6-11/h2-9,14,16H,1H3. The predicted octanol–water partition coefficient (Wildman–Crippen LogP) is 3.22. The van der Waals surface area contributed by atoms with Crippen LogP contribution in [0.2, 0.25) is 0 Å². The van der Waals surface area contributed by atoms with Gasteiger partial charge in [-0.15, -0.1) is 0 Å². The molecule has 0 spiro atoms. The summed E-state index contributed by atoms with van der Waals surface area (Å²) in [6, 6.07) is 13.8. The van der Waals surface area contributed by atoms with Gasteiger partial charge < -0.3 is 5.11 Å². The number of aliphatic hydroxyl groups is 1. The Bertz CT molecular complexity index is 459. The van der Waals surface area contributed by atoms with Crippen LogP contribution in [0.4, 0.5) is 4.39 Å². The summed E-state index contributed by atoms with van der Waals surface area (Å²) in [6.45, 7) is 1.81. The number of benzene rings is 2. The molecule has 16 heavy (non-hydrogen) atoms. The second-order valence-corrected chi connectivity index (χ2v) is 3.88. The number of aliphatic hydroxyl groups excluding tert-OH is 1. The average molecular weight is 216 g/mol. The quantitative estimate of drug-likeness (QED) is 0.817. The van der Waals surface area contributed by atoms with E-state index in [9.17, 15) is 9.50 Å². The maximum Gasteiger partial charge on any atom is 0.123 e. The van der Waals surface area contributed by atoms with Gasteiger partial charge in [0.05, 0.1) is 0 Å². The minimum Gasteiger partial charge on any atom is -0.384 e. The molecule has 0 saturated heterocycles. The fourth-order valence-corrected chi connectivity index (χ4v) is 1.75. The summed E-state index contributed by atoms with van der Waals surface area (Å²) in [5.41, 5.74) is 2.17. The Balaban J connectivity index is 2.37. The van der Waals surface area contributed by atoms with E-state index in [-0.39, 0.29) is 5.82 Å². The number of hydrogen-bond donors (Lipinski definition) is 1. The van der Waals surface area contributed by atoms with Gasteiger partial charge in [0.15, 0.2) is 0 Å². The van der Waals surface area contributed by atoms with Gasteiger partial charge in [0.25, 0.3) is 0 Å². The summed E-state index contributed by atoms with van der Waals surface area (Å²) in [7, 11) is 0. The van der Waals surface area contributed by atoms with Crippen LogP contribution in [0.25, 0.3) is 0 Å². The van der Waals surface area contributed by atoms with Crippen LogP contribution < -0.4 is 0 Å². The molecule has 82 valence electrons. The minimum absolute atomic E-state index is 0.315. The number of hydrogen-bond acceptors (Lipinski definition) is 1. The van der Waals surface area contributed by atoms with Gasteiger partial charge in [0, 0.05) is 0 Å². The highest BCUT2D eigenvalue weighted by Gasteiger charge is 2.11. The van der Waals surface area contributed by atoms with E-state index in [1.54, 1.807) is 6.07 Å².